The molecule has 0 aliphatic carbocycles. The van der Waals surface area contributed by atoms with Crippen molar-refractivity contribution in [1.29, 1.82) is 0 Å². The first-order chi connectivity index (χ1) is 7.10. The van der Waals surface area contributed by atoms with Crippen molar-refractivity contribution in [3.63, 3.8) is 0 Å². The van der Waals surface area contributed by atoms with Crippen LogP contribution >= 0.6 is 0 Å². The summed E-state index contributed by atoms with van der Waals surface area (Å²) in [7, 11) is 2.94. The Balaban J connectivity index is 3.25. The molecule has 1 rings (SSSR count). The normalized spacial score (nSPS) is 10.8. The smallest absolute Gasteiger partial charge is 0.267 e. The average Bonchev–Trinajstić information content (AvgIpc) is 2.17. The molecule has 1 N–H and O–H groups in total. The van der Waals surface area contributed by atoms with Gasteiger partial charge in [-0.1, -0.05) is 0 Å². The van der Waals surface area contributed by atoms with Gasteiger partial charge in [-0.2, -0.15) is 0 Å². The minimum atomic E-state index is -2.74. The van der Waals surface area contributed by atoms with Crippen molar-refractivity contribution < 1.29 is 17.9 Å². The Labute approximate surface area is 86.1 Å². The second kappa shape index (κ2) is 5.02. The zero-order valence-corrected chi connectivity index (χ0v) is 8.48. The molecule has 0 radical (unpaired) electrons. The van der Waals surface area contributed by atoms with E-state index in [1.165, 1.54) is 13.2 Å². The van der Waals surface area contributed by atoms with Gasteiger partial charge in [-0.3, -0.25) is 0 Å². The highest BCUT2D eigenvalue weighted by Gasteiger charge is 2.18. The van der Waals surface area contributed by atoms with Crippen LogP contribution in [-0.4, -0.2) is 14.2 Å². The molecule has 0 unspecified atom stereocenters. The molecule has 5 heteroatoms. The summed E-state index contributed by atoms with van der Waals surface area (Å²) < 4.78 is 43.0. The maximum Gasteiger partial charge on any atom is 0.267 e. The standard InChI is InChI=1S/C10H12F3NO/c1-14-5-6-3-7(11)4-8(10(12)13)9(6)15-2/h3-4,10,14H,5H2,1-2H3. The number of hydrogen-bond donors (Lipinski definition) is 1. The second-order valence-electron chi connectivity index (χ2n) is 3.02. The number of hydrogen-bond acceptors (Lipinski definition) is 2. The van der Waals surface area contributed by atoms with E-state index in [1.54, 1.807) is 7.05 Å². The van der Waals surface area contributed by atoms with Crippen molar-refractivity contribution in [3.05, 3.63) is 29.1 Å². The minimum absolute atomic E-state index is 0.0424. The fourth-order valence-corrected chi connectivity index (χ4v) is 1.41. The first-order valence-corrected chi connectivity index (χ1v) is 4.39. The van der Waals surface area contributed by atoms with Crippen molar-refractivity contribution >= 4 is 0 Å². The molecular weight excluding hydrogens is 207 g/mol. The molecule has 0 aliphatic heterocycles. The predicted molar refractivity (Wildman–Crippen MR) is 50.7 cm³/mol. The van der Waals surface area contributed by atoms with E-state index >= 15 is 0 Å². The fraction of sp³-hybridized carbons (Fsp3) is 0.400. The summed E-state index contributed by atoms with van der Waals surface area (Å²) in [6.07, 6.45) is -2.74. The molecule has 84 valence electrons. The van der Waals surface area contributed by atoms with Gasteiger partial charge in [0.15, 0.2) is 0 Å². The maximum atomic E-state index is 13.0. The number of nitrogens with one attached hydrogen (secondary N) is 1. The van der Waals surface area contributed by atoms with Gasteiger partial charge in [-0.25, -0.2) is 13.2 Å². The van der Waals surface area contributed by atoms with Gasteiger partial charge < -0.3 is 10.1 Å². The summed E-state index contributed by atoms with van der Waals surface area (Å²) in [5.74, 6) is -0.642. The zero-order valence-electron chi connectivity index (χ0n) is 8.48. The van der Waals surface area contributed by atoms with Crippen LogP contribution in [0.15, 0.2) is 12.1 Å². The van der Waals surface area contributed by atoms with Crippen LogP contribution in [0.5, 0.6) is 5.75 Å². The Bertz CT molecular complexity index is 342. The molecule has 0 saturated carbocycles. The van der Waals surface area contributed by atoms with Crippen LogP contribution < -0.4 is 10.1 Å². The molecule has 1 aromatic rings. The minimum Gasteiger partial charge on any atom is -0.496 e. The summed E-state index contributed by atoms with van der Waals surface area (Å²) >= 11 is 0. The zero-order chi connectivity index (χ0) is 11.4. The van der Waals surface area contributed by atoms with Crippen LogP contribution in [0.3, 0.4) is 0 Å². The van der Waals surface area contributed by atoms with E-state index in [1.807, 2.05) is 0 Å². The Morgan fingerprint density at radius 1 is 1.40 bits per heavy atom. The average molecular weight is 219 g/mol. The second-order valence-corrected chi connectivity index (χ2v) is 3.02. The lowest BCUT2D eigenvalue weighted by Gasteiger charge is -2.13. The number of ether oxygens (including phenoxy) is 1. The molecule has 0 aliphatic rings. The molecule has 0 aromatic heterocycles. The topological polar surface area (TPSA) is 21.3 Å². The van der Waals surface area contributed by atoms with Crippen LogP contribution in [0.1, 0.15) is 17.6 Å². The third kappa shape index (κ3) is 2.62. The van der Waals surface area contributed by atoms with Crippen LogP contribution in [0.25, 0.3) is 0 Å². The van der Waals surface area contributed by atoms with E-state index < -0.39 is 17.8 Å². The van der Waals surface area contributed by atoms with E-state index in [0.717, 1.165) is 6.07 Å². The molecule has 0 saturated heterocycles. The highest BCUT2D eigenvalue weighted by atomic mass is 19.3. The molecule has 0 spiro atoms. The monoisotopic (exact) mass is 219 g/mol. The number of methoxy groups -OCH3 is 1. The highest BCUT2D eigenvalue weighted by Crippen LogP contribution is 2.32. The summed E-state index contributed by atoms with van der Waals surface area (Å²) in [5, 5.41) is 2.76. The van der Waals surface area contributed by atoms with E-state index in [0.29, 0.717) is 5.56 Å². The van der Waals surface area contributed by atoms with Crippen LogP contribution in [-0.2, 0) is 6.54 Å². The van der Waals surface area contributed by atoms with Crippen molar-refractivity contribution in [3.8, 4) is 5.75 Å². The van der Waals surface area contributed by atoms with Crippen molar-refractivity contribution in [2.75, 3.05) is 14.2 Å². The van der Waals surface area contributed by atoms with Crippen LogP contribution in [0.2, 0.25) is 0 Å². The number of halogens is 3. The van der Waals surface area contributed by atoms with Crippen molar-refractivity contribution in [1.82, 2.24) is 5.32 Å². The fourth-order valence-electron chi connectivity index (χ4n) is 1.41. The van der Waals surface area contributed by atoms with Crippen molar-refractivity contribution in [2.45, 2.75) is 13.0 Å². The van der Waals surface area contributed by atoms with E-state index in [4.69, 9.17) is 4.74 Å². The molecule has 0 bridgehead atoms. The first kappa shape index (κ1) is 11.8. The van der Waals surface area contributed by atoms with E-state index in [9.17, 15) is 13.2 Å². The Morgan fingerprint density at radius 2 is 2.07 bits per heavy atom. The third-order valence-corrected chi connectivity index (χ3v) is 1.97. The number of rotatable bonds is 4. The van der Waals surface area contributed by atoms with Gasteiger partial charge in [-0.05, 0) is 19.2 Å². The van der Waals surface area contributed by atoms with Gasteiger partial charge in [-0.15, -0.1) is 0 Å². The lowest BCUT2D eigenvalue weighted by atomic mass is 10.1. The Kier molecular flexibility index (Phi) is 3.96. The molecule has 0 fully saturated rings. The van der Waals surface area contributed by atoms with Gasteiger partial charge in [0.1, 0.15) is 11.6 Å². The summed E-state index contributed by atoms with van der Waals surface area (Å²) in [6, 6.07) is 1.98. The quantitative estimate of drug-likeness (QED) is 0.840. The van der Waals surface area contributed by atoms with E-state index in [-0.39, 0.29) is 12.3 Å². The molecule has 1 aromatic carbocycles. The summed E-state index contributed by atoms with van der Waals surface area (Å²) in [4.78, 5) is 0. The van der Waals surface area contributed by atoms with Gasteiger partial charge in [0.05, 0.1) is 12.7 Å². The van der Waals surface area contributed by atoms with Gasteiger partial charge >= 0.3 is 0 Å². The lowest BCUT2D eigenvalue weighted by molar-refractivity contribution is 0.146. The van der Waals surface area contributed by atoms with Crippen molar-refractivity contribution in [2.24, 2.45) is 0 Å². The number of alkyl halides is 2. The van der Waals surface area contributed by atoms with Crippen LogP contribution in [0, 0.1) is 5.82 Å². The molecule has 0 amide bonds. The predicted octanol–water partition coefficient (Wildman–Crippen LogP) is 2.49. The highest BCUT2D eigenvalue weighted by molar-refractivity contribution is 5.42. The first-order valence-electron chi connectivity index (χ1n) is 4.39. The van der Waals surface area contributed by atoms with Crippen LogP contribution in [0.4, 0.5) is 13.2 Å². The largest absolute Gasteiger partial charge is 0.496 e. The molecule has 2 nitrogen and oxygen atoms in total. The molecule has 0 heterocycles. The Hall–Kier alpha value is -1.23. The summed E-state index contributed by atoms with van der Waals surface area (Å²) in [5.41, 5.74) is -0.0296. The number of benzene rings is 1. The van der Waals surface area contributed by atoms with Gasteiger partial charge in [0.2, 0.25) is 0 Å². The third-order valence-electron chi connectivity index (χ3n) is 1.97. The SMILES string of the molecule is CNCc1cc(F)cc(C(F)F)c1OC. The molecule has 15 heavy (non-hydrogen) atoms. The van der Waals surface area contributed by atoms with Gasteiger partial charge in [0, 0.05) is 12.1 Å². The van der Waals surface area contributed by atoms with E-state index in [2.05, 4.69) is 5.32 Å². The molecular formula is C10H12F3NO. The summed E-state index contributed by atoms with van der Waals surface area (Å²) in [6.45, 7) is 0.278. The Morgan fingerprint density at radius 3 is 2.53 bits per heavy atom. The lowest BCUT2D eigenvalue weighted by Crippen LogP contribution is -2.08. The maximum absolute atomic E-state index is 13.0. The van der Waals surface area contributed by atoms with Gasteiger partial charge in [0.25, 0.3) is 6.43 Å². The molecule has 0 atom stereocenters.